The van der Waals surface area contributed by atoms with Gasteiger partial charge >= 0.3 is 6.03 Å². The largest absolute Gasteiger partial charge is 0.494 e. The minimum atomic E-state index is -1.26. The highest BCUT2D eigenvalue weighted by molar-refractivity contribution is 9.10. The number of urea groups is 1. The van der Waals surface area contributed by atoms with Crippen molar-refractivity contribution in [2.45, 2.75) is 32.1 Å². The topological polar surface area (TPSA) is 59.1 Å². The van der Waals surface area contributed by atoms with Gasteiger partial charge in [-0.1, -0.05) is 35.6 Å². The fraction of sp³-hybridized carbons (Fsp3) is 0.529. The number of carbonyl (C=O) groups is 2. The van der Waals surface area contributed by atoms with E-state index in [0.29, 0.717) is 11.1 Å². The van der Waals surface area contributed by atoms with Crippen LogP contribution in [-0.2, 0) is 9.53 Å². The van der Waals surface area contributed by atoms with Crippen molar-refractivity contribution >= 4 is 41.6 Å². The van der Waals surface area contributed by atoms with Gasteiger partial charge in [0.1, 0.15) is 18.2 Å². The fourth-order valence-corrected chi connectivity index (χ4v) is 3.68. The van der Waals surface area contributed by atoms with Gasteiger partial charge in [0.25, 0.3) is 0 Å². The molecule has 2 rings (SSSR count). The summed E-state index contributed by atoms with van der Waals surface area (Å²) >= 11 is 3.20. The number of hydrogen-bond donors (Lipinski definition) is 0. The molecule has 9 heteroatoms. The Bertz CT molecular complexity index is 696. The number of rotatable bonds is 7. The van der Waals surface area contributed by atoms with Crippen LogP contribution in [0.2, 0.25) is 25.7 Å². The maximum Gasteiger partial charge on any atom is 0.333 e. The smallest absolute Gasteiger partial charge is 0.333 e. The van der Waals surface area contributed by atoms with Crippen molar-refractivity contribution in [3.05, 3.63) is 22.4 Å². The average molecular weight is 447 g/mol. The van der Waals surface area contributed by atoms with E-state index in [4.69, 9.17) is 9.47 Å². The number of imide groups is 1. The van der Waals surface area contributed by atoms with E-state index in [1.54, 1.807) is 6.07 Å². The van der Waals surface area contributed by atoms with Crippen molar-refractivity contribution < 1.29 is 23.5 Å². The van der Waals surface area contributed by atoms with E-state index >= 15 is 0 Å². The molecule has 0 atom stereocenters. The van der Waals surface area contributed by atoms with Gasteiger partial charge in [0.15, 0.2) is 5.82 Å². The van der Waals surface area contributed by atoms with Gasteiger partial charge in [0.2, 0.25) is 5.91 Å². The van der Waals surface area contributed by atoms with Gasteiger partial charge in [-0.25, -0.2) is 14.1 Å². The molecule has 0 unspecified atom stereocenters. The zero-order valence-electron chi connectivity index (χ0n) is 15.5. The van der Waals surface area contributed by atoms with Gasteiger partial charge < -0.3 is 9.47 Å². The van der Waals surface area contributed by atoms with E-state index in [2.05, 4.69) is 35.6 Å². The molecule has 1 aliphatic heterocycles. The normalized spacial score (nSPS) is 15.6. The third kappa shape index (κ3) is 5.05. The summed E-state index contributed by atoms with van der Waals surface area (Å²) in [4.78, 5) is 27.1. The molecule has 144 valence electrons. The predicted octanol–water partition coefficient (Wildman–Crippen LogP) is 4.07. The number of carbonyl (C=O) groups excluding carboxylic acids is 2. The Hall–Kier alpha value is -1.45. The Morgan fingerprint density at radius 2 is 1.96 bits per heavy atom. The predicted molar refractivity (Wildman–Crippen MR) is 104 cm³/mol. The zero-order valence-corrected chi connectivity index (χ0v) is 18.1. The summed E-state index contributed by atoms with van der Waals surface area (Å²) in [7, 11) is 0.141. The quantitative estimate of drug-likeness (QED) is 0.467. The third-order valence-corrected chi connectivity index (χ3v) is 6.17. The maximum absolute atomic E-state index is 14.5. The molecule has 1 fully saturated rings. The van der Waals surface area contributed by atoms with E-state index in [-0.39, 0.29) is 37.0 Å². The molecule has 6 nitrogen and oxygen atoms in total. The van der Waals surface area contributed by atoms with Gasteiger partial charge in [-0.05, 0) is 18.2 Å². The second kappa shape index (κ2) is 8.49. The first-order chi connectivity index (χ1) is 12.1. The van der Waals surface area contributed by atoms with Crippen molar-refractivity contribution in [3.63, 3.8) is 0 Å². The molecule has 0 aliphatic carbocycles. The Labute approximate surface area is 162 Å². The van der Waals surface area contributed by atoms with Crippen LogP contribution < -0.4 is 9.64 Å². The average Bonchev–Trinajstić information content (AvgIpc) is 2.53. The lowest BCUT2D eigenvalue weighted by molar-refractivity contribution is -0.133. The highest BCUT2D eigenvalue weighted by Gasteiger charge is 2.35. The summed E-state index contributed by atoms with van der Waals surface area (Å²) in [6.45, 7) is 7.12. The monoisotopic (exact) mass is 446 g/mol. The van der Waals surface area contributed by atoms with Crippen molar-refractivity contribution in [1.29, 1.82) is 0 Å². The van der Waals surface area contributed by atoms with Crippen LogP contribution >= 0.6 is 15.9 Å². The number of nitrogens with zero attached hydrogens (tertiary/aromatic N) is 2. The molecule has 1 aliphatic rings. The molecular weight excluding hydrogens is 423 g/mol. The van der Waals surface area contributed by atoms with Gasteiger partial charge in [0.05, 0.1) is 7.11 Å². The molecular formula is C17H24BrFN2O4Si. The van der Waals surface area contributed by atoms with Crippen LogP contribution in [0.15, 0.2) is 16.6 Å². The third-order valence-electron chi connectivity index (χ3n) is 4.01. The Kier molecular flexibility index (Phi) is 6.81. The highest BCUT2D eigenvalue weighted by atomic mass is 79.9. The maximum atomic E-state index is 14.5. The first-order valence-corrected chi connectivity index (χ1v) is 12.9. The van der Waals surface area contributed by atoms with Crippen molar-refractivity contribution in [1.82, 2.24) is 4.90 Å². The zero-order chi connectivity index (χ0) is 19.5. The summed E-state index contributed by atoms with van der Waals surface area (Å²) in [5.74, 6) is -0.701. The highest BCUT2D eigenvalue weighted by Crippen LogP contribution is 2.36. The molecule has 1 aromatic carbocycles. The number of benzene rings is 1. The molecule has 0 spiro atoms. The second-order valence-corrected chi connectivity index (χ2v) is 13.8. The van der Waals surface area contributed by atoms with Crippen LogP contribution in [0.25, 0.3) is 0 Å². The first-order valence-electron chi connectivity index (χ1n) is 8.36. The summed E-state index contributed by atoms with van der Waals surface area (Å²) in [5, 5.41) is 0. The summed E-state index contributed by atoms with van der Waals surface area (Å²) < 4.78 is 25.7. The minimum absolute atomic E-state index is 0.0281. The van der Waals surface area contributed by atoms with Crippen molar-refractivity contribution in [2.24, 2.45) is 0 Å². The molecule has 26 heavy (non-hydrogen) atoms. The number of hydrogen-bond acceptors (Lipinski definition) is 4. The number of halogens is 2. The fourth-order valence-electron chi connectivity index (χ4n) is 2.52. The van der Waals surface area contributed by atoms with Crippen LogP contribution in [0, 0.1) is 5.82 Å². The summed E-state index contributed by atoms with van der Waals surface area (Å²) in [5.41, 5.74) is 0.0281. The summed E-state index contributed by atoms with van der Waals surface area (Å²) in [6.07, 6.45) is 0.0990. The molecule has 3 amide bonds. The lowest BCUT2D eigenvalue weighted by Crippen LogP contribution is -2.53. The van der Waals surface area contributed by atoms with E-state index < -0.39 is 19.9 Å². The van der Waals surface area contributed by atoms with E-state index in [1.807, 2.05) is 0 Å². The van der Waals surface area contributed by atoms with E-state index in [1.165, 1.54) is 18.1 Å². The molecule has 1 saturated heterocycles. The van der Waals surface area contributed by atoms with Gasteiger partial charge in [-0.3, -0.25) is 9.69 Å². The lowest BCUT2D eigenvalue weighted by Gasteiger charge is -2.34. The minimum Gasteiger partial charge on any atom is -0.494 e. The van der Waals surface area contributed by atoms with Crippen molar-refractivity contribution in [2.75, 3.05) is 31.9 Å². The number of ether oxygens (including phenoxy) is 2. The number of amides is 3. The first kappa shape index (κ1) is 20.9. The Morgan fingerprint density at radius 1 is 1.27 bits per heavy atom. The molecule has 0 N–H and O–H groups in total. The van der Waals surface area contributed by atoms with Crippen LogP contribution in [0.4, 0.5) is 14.9 Å². The number of methoxy groups -OCH3 is 1. The standard InChI is InChI=1S/C17H24BrFN2O4Si/c1-24-14-10-12(18)9-13(19)16(14)20-6-5-15(22)21(17(20)23)11-25-7-8-26(2,3)4/h9-10H,5-8,11H2,1-4H3. The van der Waals surface area contributed by atoms with Crippen LogP contribution in [-0.4, -0.2) is 51.9 Å². The molecule has 0 saturated carbocycles. The van der Waals surface area contributed by atoms with Crippen molar-refractivity contribution in [3.8, 4) is 5.75 Å². The molecule has 1 aromatic rings. The van der Waals surface area contributed by atoms with Crippen LogP contribution in [0.3, 0.4) is 0 Å². The number of anilines is 1. The van der Waals surface area contributed by atoms with Crippen LogP contribution in [0.1, 0.15) is 6.42 Å². The van der Waals surface area contributed by atoms with Gasteiger partial charge in [-0.15, -0.1) is 0 Å². The molecule has 1 heterocycles. The molecule has 0 aromatic heterocycles. The van der Waals surface area contributed by atoms with E-state index in [9.17, 15) is 14.0 Å². The second-order valence-electron chi connectivity index (χ2n) is 7.29. The van der Waals surface area contributed by atoms with Gasteiger partial charge in [-0.2, -0.15) is 0 Å². The lowest BCUT2D eigenvalue weighted by atomic mass is 10.2. The Morgan fingerprint density at radius 3 is 2.58 bits per heavy atom. The Balaban J connectivity index is 2.15. The SMILES string of the molecule is COc1cc(Br)cc(F)c1N1CCC(=O)N(COCC[Si](C)(C)C)C1=O. The van der Waals surface area contributed by atoms with Gasteiger partial charge in [0, 0.05) is 32.1 Å². The summed E-state index contributed by atoms with van der Waals surface area (Å²) in [6, 6.07) is 3.17. The molecule has 0 radical (unpaired) electrons. The van der Waals surface area contributed by atoms with Crippen LogP contribution in [0.5, 0.6) is 5.75 Å². The molecule has 0 bridgehead atoms. The van der Waals surface area contributed by atoms with E-state index in [0.717, 1.165) is 10.9 Å².